The first kappa shape index (κ1) is 21.9. The van der Waals surface area contributed by atoms with E-state index in [0.29, 0.717) is 18.3 Å². The van der Waals surface area contributed by atoms with Crippen molar-refractivity contribution in [2.45, 2.75) is 56.6 Å². The second-order valence-corrected chi connectivity index (χ2v) is 9.15. The number of hydrogen-bond donors (Lipinski definition) is 1. The third kappa shape index (κ3) is 6.60. The fraction of sp³-hybridized carbons (Fsp3) is 0.588. The fourth-order valence-corrected chi connectivity index (χ4v) is 4.58. The minimum absolute atomic E-state index is 0.0608. The van der Waals surface area contributed by atoms with Gasteiger partial charge in [0.15, 0.2) is 0 Å². The van der Waals surface area contributed by atoms with Crippen LogP contribution in [0.5, 0.6) is 0 Å². The minimum atomic E-state index is -4.02. The molecule has 8 heteroatoms. The largest absolute Gasteiger partial charge is 0.443 e. The number of amides is 1. The van der Waals surface area contributed by atoms with E-state index in [0.717, 1.165) is 17.1 Å². The summed E-state index contributed by atoms with van der Waals surface area (Å²) in [5.41, 5.74) is 4.72. The molecule has 0 aliphatic heterocycles. The Balaban J connectivity index is 3.24. The van der Waals surface area contributed by atoms with Crippen molar-refractivity contribution in [3.63, 3.8) is 0 Å². The van der Waals surface area contributed by atoms with Crippen molar-refractivity contribution in [1.82, 2.24) is 4.31 Å². The number of sulfonamides is 1. The monoisotopic (exact) mass is 434 g/mol. The van der Waals surface area contributed by atoms with Gasteiger partial charge in [-0.25, -0.2) is 13.2 Å². The molecule has 0 heterocycles. The van der Waals surface area contributed by atoms with Gasteiger partial charge in [-0.2, -0.15) is 4.31 Å². The number of carbonyl (C=O) groups excluding carboxylic acids is 1. The van der Waals surface area contributed by atoms with Gasteiger partial charge in [-0.05, 0) is 52.3 Å². The molecule has 1 unspecified atom stereocenters. The highest BCUT2D eigenvalue weighted by molar-refractivity contribution is 9.09. The van der Waals surface area contributed by atoms with Gasteiger partial charge in [-0.15, -0.1) is 0 Å². The third-order valence-corrected chi connectivity index (χ3v) is 5.96. The van der Waals surface area contributed by atoms with E-state index in [9.17, 15) is 13.2 Å². The molecule has 1 aromatic carbocycles. The zero-order chi connectivity index (χ0) is 19.1. The summed E-state index contributed by atoms with van der Waals surface area (Å²) < 4.78 is 32.4. The van der Waals surface area contributed by atoms with Crippen molar-refractivity contribution < 1.29 is 17.9 Å². The Labute approximate surface area is 158 Å². The van der Waals surface area contributed by atoms with E-state index in [1.807, 2.05) is 0 Å². The zero-order valence-corrected chi connectivity index (χ0v) is 17.3. The van der Waals surface area contributed by atoms with Crippen LogP contribution in [0.4, 0.5) is 4.79 Å². The maximum atomic E-state index is 13.1. The lowest BCUT2D eigenvalue weighted by Crippen LogP contribution is -2.47. The maximum absolute atomic E-state index is 13.1. The molecular formula is C17H27BrN2O4S. The molecule has 0 aliphatic carbocycles. The van der Waals surface area contributed by atoms with Crippen LogP contribution < -0.4 is 5.73 Å². The number of ether oxygens (including phenoxy) is 1. The van der Waals surface area contributed by atoms with Crippen molar-refractivity contribution in [2.24, 2.45) is 5.73 Å². The summed E-state index contributed by atoms with van der Waals surface area (Å²) in [7, 11) is -4.02. The first-order valence-electron chi connectivity index (χ1n) is 8.22. The van der Waals surface area contributed by atoms with Crippen LogP contribution in [0.25, 0.3) is 0 Å². The molecule has 1 amide bonds. The van der Waals surface area contributed by atoms with E-state index in [1.165, 1.54) is 12.1 Å². The van der Waals surface area contributed by atoms with Crippen molar-refractivity contribution >= 4 is 32.0 Å². The lowest BCUT2D eigenvalue weighted by molar-refractivity contribution is 0.0345. The molecule has 0 bridgehead atoms. The SMILES string of the molecule is CC(C)(C)OC(=O)N(C(CBr)CCCCN)S(=O)(=O)c1ccccc1. The molecule has 0 saturated heterocycles. The van der Waals surface area contributed by atoms with E-state index in [1.54, 1.807) is 39.0 Å². The molecule has 25 heavy (non-hydrogen) atoms. The highest BCUT2D eigenvalue weighted by Gasteiger charge is 2.37. The summed E-state index contributed by atoms with van der Waals surface area (Å²) in [5, 5.41) is 0.322. The summed E-state index contributed by atoms with van der Waals surface area (Å²) in [4.78, 5) is 12.8. The molecular weight excluding hydrogens is 408 g/mol. The Kier molecular flexibility index (Phi) is 8.37. The Morgan fingerprint density at radius 3 is 2.32 bits per heavy atom. The lowest BCUT2D eigenvalue weighted by atomic mass is 10.1. The number of nitrogens with zero attached hydrogens (tertiary/aromatic N) is 1. The van der Waals surface area contributed by atoms with E-state index in [4.69, 9.17) is 10.5 Å². The third-order valence-electron chi connectivity index (χ3n) is 3.37. The molecule has 2 N–H and O–H groups in total. The Morgan fingerprint density at radius 1 is 1.24 bits per heavy atom. The van der Waals surface area contributed by atoms with Crippen LogP contribution in [-0.2, 0) is 14.8 Å². The van der Waals surface area contributed by atoms with E-state index in [-0.39, 0.29) is 4.90 Å². The quantitative estimate of drug-likeness (QED) is 0.499. The topological polar surface area (TPSA) is 89.7 Å². The number of nitrogens with two attached hydrogens (primary N) is 1. The first-order valence-corrected chi connectivity index (χ1v) is 10.8. The summed E-state index contributed by atoms with van der Waals surface area (Å²) in [6.45, 7) is 5.63. The van der Waals surface area contributed by atoms with E-state index < -0.39 is 27.8 Å². The molecule has 0 aliphatic rings. The second kappa shape index (κ2) is 9.54. The molecule has 1 rings (SSSR count). The van der Waals surface area contributed by atoms with E-state index in [2.05, 4.69) is 15.9 Å². The van der Waals surface area contributed by atoms with Crippen molar-refractivity contribution in [3.8, 4) is 0 Å². The summed E-state index contributed by atoms with van der Waals surface area (Å²) in [6, 6.07) is 7.36. The number of halogens is 1. The zero-order valence-electron chi connectivity index (χ0n) is 14.9. The number of alkyl halides is 1. The smallest absolute Gasteiger partial charge is 0.424 e. The normalized spacial score (nSPS) is 13.3. The molecule has 1 atom stereocenters. The first-order chi connectivity index (χ1) is 11.6. The highest BCUT2D eigenvalue weighted by Crippen LogP contribution is 2.25. The molecule has 1 aromatic rings. The minimum Gasteiger partial charge on any atom is -0.443 e. The van der Waals surface area contributed by atoms with E-state index >= 15 is 0 Å². The van der Waals surface area contributed by atoms with Gasteiger partial charge in [-0.3, -0.25) is 0 Å². The number of benzene rings is 1. The van der Waals surface area contributed by atoms with Gasteiger partial charge in [-0.1, -0.05) is 40.5 Å². The standard InChI is InChI=1S/C17H27BrN2O4S/c1-17(2,3)24-16(21)20(14(13-18)9-7-8-12-19)25(22,23)15-10-5-4-6-11-15/h4-6,10-11,14H,7-9,12-13,19H2,1-3H3. The summed E-state index contributed by atoms with van der Waals surface area (Å²) in [5.74, 6) is 0. The van der Waals surface area contributed by atoms with Crippen LogP contribution in [0.1, 0.15) is 40.0 Å². The fourth-order valence-electron chi connectivity index (χ4n) is 2.24. The van der Waals surface area contributed by atoms with Crippen LogP contribution in [0.15, 0.2) is 35.2 Å². The Morgan fingerprint density at radius 2 is 1.84 bits per heavy atom. The Hall–Kier alpha value is -1.12. The van der Waals surface area contributed by atoms with Crippen LogP contribution >= 0.6 is 15.9 Å². The molecule has 6 nitrogen and oxygen atoms in total. The molecule has 0 saturated carbocycles. The van der Waals surface area contributed by atoms with Gasteiger partial charge >= 0.3 is 6.09 Å². The van der Waals surface area contributed by atoms with Gasteiger partial charge in [0.2, 0.25) is 0 Å². The predicted octanol–water partition coefficient (Wildman–Crippen LogP) is 3.50. The van der Waals surface area contributed by atoms with Gasteiger partial charge < -0.3 is 10.5 Å². The number of carbonyl (C=O) groups is 1. The number of rotatable bonds is 8. The second-order valence-electron chi connectivity index (χ2n) is 6.69. The average molecular weight is 435 g/mol. The maximum Gasteiger partial charge on any atom is 0.424 e. The molecule has 0 spiro atoms. The van der Waals surface area contributed by atoms with Crippen molar-refractivity contribution in [1.29, 1.82) is 0 Å². The molecule has 0 radical (unpaired) electrons. The van der Waals surface area contributed by atoms with Gasteiger partial charge in [0, 0.05) is 5.33 Å². The van der Waals surface area contributed by atoms with Gasteiger partial charge in [0.25, 0.3) is 10.0 Å². The van der Waals surface area contributed by atoms with Crippen LogP contribution in [0.2, 0.25) is 0 Å². The van der Waals surface area contributed by atoms with Crippen LogP contribution in [0, 0.1) is 0 Å². The molecule has 142 valence electrons. The van der Waals surface area contributed by atoms with Gasteiger partial charge in [0.05, 0.1) is 10.9 Å². The lowest BCUT2D eigenvalue weighted by Gasteiger charge is -2.32. The average Bonchev–Trinajstić information content (AvgIpc) is 2.52. The highest BCUT2D eigenvalue weighted by atomic mass is 79.9. The number of unbranched alkanes of at least 4 members (excludes halogenated alkanes) is 1. The predicted molar refractivity (Wildman–Crippen MR) is 102 cm³/mol. The van der Waals surface area contributed by atoms with Crippen molar-refractivity contribution in [2.75, 3.05) is 11.9 Å². The number of hydrogen-bond acceptors (Lipinski definition) is 5. The molecule has 0 fully saturated rings. The summed E-state index contributed by atoms with van der Waals surface area (Å²) >= 11 is 3.34. The Bertz CT molecular complexity index is 644. The summed E-state index contributed by atoms with van der Waals surface area (Å²) in [6.07, 6.45) is 1.12. The van der Waals surface area contributed by atoms with Gasteiger partial charge in [0.1, 0.15) is 5.60 Å². The molecule has 0 aromatic heterocycles. The van der Waals surface area contributed by atoms with Crippen molar-refractivity contribution in [3.05, 3.63) is 30.3 Å². The van der Waals surface area contributed by atoms with Crippen LogP contribution in [-0.4, -0.2) is 42.3 Å². The van der Waals surface area contributed by atoms with Crippen LogP contribution in [0.3, 0.4) is 0 Å².